The highest BCUT2D eigenvalue weighted by Crippen LogP contribution is 2.48. The van der Waals surface area contributed by atoms with Gasteiger partial charge in [0.15, 0.2) is 0 Å². The average Bonchev–Trinajstić information content (AvgIpc) is 2.89. The number of aromatic nitrogens is 2. The minimum atomic E-state index is -0.729. The van der Waals surface area contributed by atoms with Gasteiger partial charge >= 0.3 is 5.69 Å². The quantitative estimate of drug-likeness (QED) is 0.444. The Hall–Kier alpha value is -2.95. The van der Waals surface area contributed by atoms with E-state index < -0.39 is 17.3 Å². The molecule has 0 spiro atoms. The van der Waals surface area contributed by atoms with Crippen molar-refractivity contribution >= 4 is 46.0 Å². The lowest BCUT2D eigenvalue weighted by atomic mass is 10.0. The topological polar surface area (TPSA) is 84.5 Å². The van der Waals surface area contributed by atoms with Gasteiger partial charge < -0.3 is 15.5 Å². The number of hydrogen-bond donors (Lipinski definition) is 1. The van der Waals surface area contributed by atoms with Crippen molar-refractivity contribution < 1.29 is 13.6 Å². The van der Waals surface area contributed by atoms with Crippen LogP contribution in [0.4, 0.5) is 14.6 Å². The molecule has 3 aromatic rings. The number of carbonyl (C=O) groups excluding carboxylic acids is 1. The Morgan fingerprint density at radius 3 is 2.79 bits per heavy atom. The highest BCUT2D eigenvalue weighted by molar-refractivity contribution is 7.99. The van der Waals surface area contributed by atoms with E-state index >= 15 is 0 Å². The number of carbonyl (C=O) groups is 1. The molecule has 5 rings (SSSR count). The van der Waals surface area contributed by atoms with Crippen LogP contribution in [0.5, 0.6) is 0 Å². The van der Waals surface area contributed by atoms with Gasteiger partial charge in [-0.1, -0.05) is 18.2 Å². The summed E-state index contributed by atoms with van der Waals surface area (Å²) < 4.78 is 30.4. The van der Waals surface area contributed by atoms with Crippen molar-refractivity contribution in [2.45, 2.75) is 36.7 Å². The van der Waals surface area contributed by atoms with Crippen LogP contribution in [0.15, 0.2) is 46.6 Å². The second-order valence-corrected chi connectivity index (χ2v) is 11.0. The van der Waals surface area contributed by atoms with Crippen LogP contribution in [0.3, 0.4) is 0 Å². The molecule has 0 bridgehead atoms. The molecule has 1 aromatic heterocycles. The molecule has 2 aliphatic heterocycles. The summed E-state index contributed by atoms with van der Waals surface area (Å²) in [4.78, 5) is 34.7. The lowest BCUT2D eigenvalue weighted by molar-refractivity contribution is -0.126. The van der Waals surface area contributed by atoms with Gasteiger partial charge in [0, 0.05) is 64.9 Å². The van der Waals surface area contributed by atoms with Crippen molar-refractivity contribution in [2.24, 2.45) is 5.73 Å². The number of piperazine rings is 1. The second-order valence-electron chi connectivity index (χ2n) is 9.60. The maximum absolute atomic E-state index is 15.0. The minimum Gasteiger partial charge on any atom is -0.350 e. The monoisotopic (exact) mass is 559 g/mol. The molecule has 0 saturated carbocycles. The Morgan fingerprint density at radius 1 is 1.32 bits per heavy atom. The highest BCUT2D eigenvalue weighted by Gasteiger charge is 2.33. The SMILES string of the molecule is C=CC(=O)N1CCN(c2nc(=O)n3c4c(c(-c5ccc(F)cc5F)c(Cl)cc24)SC[C@H]3CCCN)[C@@H](C)C1. The molecule has 11 heteroatoms. The Bertz CT molecular complexity index is 1500. The van der Waals surface area contributed by atoms with Crippen LogP contribution in [0, 0.1) is 11.6 Å². The summed E-state index contributed by atoms with van der Waals surface area (Å²) in [7, 11) is 0. The summed E-state index contributed by atoms with van der Waals surface area (Å²) in [6, 6.07) is 4.85. The lowest BCUT2D eigenvalue weighted by Gasteiger charge is -2.41. The van der Waals surface area contributed by atoms with Gasteiger partial charge in [0.05, 0.1) is 10.5 Å². The molecule has 1 amide bonds. The third-order valence-corrected chi connectivity index (χ3v) is 8.75. The van der Waals surface area contributed by atoms with Gasteiger partial charge in [-0.3, -0.25) is 9.36 Å². The Kier molecular flexibility index (Phi) is 7.48. The number of amides is 1. The molecule has 200 valence electrons. The van der Waals surface area contributed by atoms with E-state index in [0.717, 1.165) is 12.5 Å². The van der Waals surface area contributed by atoms with E-state index in [1.165, 1.54) is 30.0 Å². The first-order valence-corrected chi connectivity index (χ1v) is 13.9. The predicted octanol–water partition coefficient (Wildman–Crippen LogP) is 4.60. The standard InChI is InChI=1S/C27H28ClF2N5O2S/c1-3-22(36)33-9-10-34(15(2)13-33)26-19-12-20(28)23(18-7-6-16(29)11-21(18)30)25-24(19)35(27(37)32-26)17(14-38-25)5-4-8-31/h3,6-7,11-12,15,17H,1,4-5,8-10,13-14,31H2,2H3/t15-,17+/m0/s1. The summed E-state index contributed by atoms with van der Waals surface area (Å²) in [5, 5.41) is 0.962. The van der Waals surface area contributed by atoms with Crippen molar-refractivity contribution in [3.05, 3.63) is 64.1 Å². The normalized spacial score (nSPS) is 19.2. The van der Waals surface area contributed by atoms with Crippen LogP contribution in [0.25, 0.3) is 22.0 Å². The van der Waals surface area contributed by atoms with Gasteiger partial charge in [-0.15, -0.1) is 11.8 Å². The van der Waals surface area contributed by atoms with Crippen LogP contribution in [-0.4, -0.2) is 58.3 Å². The minimum absolute atomic E-state index is 0.126. The smallest absolute Gasteiger partial charge is 0.350 e. The van der Waals surface area contributed by atoms with E-state index in [4.69, 9.17) is 17.3 Å². The Morgan fingerprint density at radius 2 is 2.11 bits per heavy atom. The molecule has 2 N–H and O–H groups in total. The van der Waals surface area contributed by atoms with E-state index in [-0.39, 0.29) is 28.6 Å². The number of nitrogens with two attached hydrogens (primary N) is 1. The summed E-state index contributed by atoms with van der Waals surface area (Å²) >= 11 is 8.32. The fourth-order valence-electron chi connectivity index (χ4n) is 5.39. The van der Waals surface area contributed by atoms with Crippen LogP contribution < -0.4 is 16.3 Å². The summed E-state index contributed by atoms with van der Waals surface area (Å²) in [6.45, 7) is 7.41. The molecule has 0 unspecified atom stereocenters. The second kappa shape index (κ2) is 10.7. The zero-order valence-corrected chi connectivity index (χ0v) is 22.5. The number of halogens is 3. The molecule has 0 aliphatic carbocycles. The lowest BCUT2D eigenvalue weighted by Crippen LogP contribution is -2.54. The van der Waals surface area contributed by atoms with Crippen molar-refractivity contribution in [3.8, 4) is 11.1 Å². The number of nitrogens with zero attached hydrogens (tertiary/aromatic N) is 4. The van der Waals surface area contributed by atoms with Gasteiger partial charge in [0.25, 0.3) is 0 Å². The third-order valence-electron chi connectivity index (χ3n) is 7.21. The molecule has 1 fully saturated rings. The third kappa shape index (κ3) is 4.58. The molecule has 0 radical (unpaired) electrons. The molecule has 7 nitrogen and oxygen atoms in total. The number of anilines is 1. The van der Waals surface area contributed by atoms with Crippen molar-refractivity contribution in [2.75, 3.05) is 36.8 Å². The molecule has 2 atom stereocenters. The fourth-order valence-corrected chi connectivity index (χ4v) is 7.13. The number of thioether (sulfide) groups is 1. The fraction of sp³-hybridized carbons (Fsp3) is 0.370. The first-order valence-electron chi connectivity index (χ1n) is 12.5. The summed E-state index contributed by atoms with van der Waals surface area (Å²) in [6.07, 6.45) is 2.73. The molecule has 2 aromatic carbocycles. The van der Waals surface area contributed by atoms with Gasteiger partial charge in [0.1, 0.15) is 17.5 Å². The molecule has 38 heavy (non-hydrogen) atoms. The summed E-state index contributed by atoms with van der Waals surface area (Å²) in [5.41, 5.74) is 6.60. The molecular weight excluding hydrogens is 532 g/mol. The molecular formula is C27H28ClF2N5O2S. The van der Waals surface area contributed by atoms with E-state index in [0.29, 0.717) is 65.5 Å². The van der Waals surface area contributed by atoms with E-state index in [9.17, 15) is 18.4 Å². The predicted molar refractivity (Wildman–Crippen MR) is 148 cm³/mol. The van der Waals surface area contributed by atoms with Gasteiger partial charge in [-0.25, -0.2) is 13.6 Å². The molecule has 3 heterocycles. The average molecular weight is 560 g/mol. The van der Waals surface area contributed by atoms with Gasteiger partial charge in [0.2, 0.25) is 5.91 Å². The zero-order valence-electron chi connectivity index (χ0n) is 20.9. The van der Waals surface area contributed by atoms with Gasteiger partial charge in [-0.2, -0.15) is 4.98 Å². The van der Waals surface area contributed by atoms with Crippen LogP contribution >= 0.6 is 23.4 Å². The van der Waals surface area contributed by atoms with E-state index in [1.54, 1.807) is 15.5 Å². The Balaban J connectivity index is 1.73. The number of benzene rings is 2. The maximum Gasteiger partial charge on any atom is 0.350 e. The highest BCUT2D eigenvalue weighted by atomic mass is 35.5. The van der Waals surface area contributed by atoms with Crippen molar-refractivity contribution in [1.82, 2.24) is 14.5 Å². The van der Waals surface area contributed by atoms with E-state index in [1.807, 2.05) is 11.8 Å². The first-order chi connectivity index (χ1) is 18.2. The zero-order chi connectivity index (χ0) is 27.1. The Labute approximate surface area is 228 Å². The molecule has 2 aliphatic rings. The van der Waals surface area contributed by atoms with Crippen molar-refractivity contribution in [3.63, 3.8) is 0 Å². The largest absolute Gasteiger partial charge is 0.350 e. The molecule has 1 saturated heterocycles. The number of rotatable bonds is 6. The first kappa shape index (κ1) is 26.6. The van der Waals surface area contributed by atoms with Crippen LogP contribution in [0.2, 0.25) is 5.02 Å². The van der Waals surface area contributed by atoms with Gasteiger partial charge in [-0.05, 0) is 50.6 Å². The van der Waals surface area contributed by atoms with Crippen LogP contribution in [-0.2, 0) is 4.79 Å². The maximum atomic E-state index is 15.0. The number of hydrogen-bond acceptors (Lipinski definition) is 6. The van der Waals surface area contributed by atoms with E-state index in [2.05, 4.69) is 11.6 Å². The van der Waals surface area contributed by atoms with Crippen molar-refractivity contribution in [1.29, 1.82) is 0 Å². The summed E-state index contributed by atoms with van der Waals surface area (Å²) in [5.74, 6) is -0.507. The van der Waals surface area contributed by atoms with Crippen LogP contribution in [0.1, 0.15) is 25.8 Å².